The average molecular weight is 496 g/mol. The van der Waals surface area contributed by atoms with Crippen molar-refractivity contribution in [1.29, 1.82) is 0 Å². The van der Waals surface area contributed by atoms with Gasteiger partial charge >= 0.3 is 5.97 Å². The fourth-order valence-electron chi connectivity index (χ4n) is 4.23. The Morgan fingerprint density at radius 3 is 2.36 bits per heavy atom. The van der Waals surface area contributed by atoms with E-state index >= 15 is 0 Å². The van der Waals surface area contributed by atoms with Crippen LogP contribution in [0.3, 0.4) is 0 Å². The summed E-state index contributed by atoms with van der Waals surface area (Å²) in [5.74, 6) is -0.909. The first kappa shape index (κ1) is 23.3. The number of amides is 1. The molecule has 3 N–H and O–H groups in total. The smallest absolute Gasteiger partial charge is 0.336 e. The number of fused-ring (bicyclic) bond motifs is 1. The maximum Gasteiger partial charge on any atom is 0.336 e. The van der Waals surface area contributed by atoms with Gasteiger partial charge in [-0.3, -0.25) is 4.79 Å². The molecule has 0 radical (unpaired) electrons. The molecule has 4 aromatic carbocycles. The molecule has 1 heterocycles. The maximum absolute atomic E-state index is 13.0. The number of H-pyrrole nitrogens is 1. The van der Waals surface area contributed by atoms with E-state index in [9.17, 15) is 14.7 Å². The van der Waals surface area contributed by atoms with Crippen molar-refractivity contribution in [2.75, 3.05) is 0 Å². The van der Waals surface area contributed by atoms with Crippen molar-refractivity contribution in [2.45, 2.75) is 13.0 Å². The lowest BCUT2D eigenvalue weighted by Crippen LogP contribution is -2.26. The van der Waals surface area contributed by atoms with E-state index in [0.717, 1.165) is 16.6 Å². The van der Waals surface area contributed by atoms with Gasteiger partial charge in [-0.15, -0.1) is 0 Å². The van der Waals surface area contributed by atoms with Gasteiger partial charge in [0.1, 0.15) is 5.82 Å². The molecule has 7 heteroatoms. The molecule has 0 fully saturated rings. The zero-order valence-electron chi connectivity index (χ0n) is 19.3. The van der Waals surface area contributed by atoms with Gasteiger partial charge in [-0.25, -0.2) is 9.78 Å². The number of aromatic amines is 1. The second kappa shape index (κ2) is 9.68. The molecule has 36 heavy (non-hydrogen) atoms. The van der Waals surface area contributed by atoms with Gasteiger partial charge in [-0.05, 0) is 66.1 Å². The van der Waals surface area contributed by atoms with E-state index in [2.05, 4.69) is 15.3 Å². The molecule has 1 amide bonds. The Labute approximate surface area is 212 Å². The zero-order chi connectivity index (χ0) is 25.2. The number of carboxylic acid groups (broad SMARTS) is 1. The first-order valence-electron chi connectivity index (χ1n) is 11.4. The van der Waals surface area contributed by atoms with Gasteiger partial charge in [-0.2, -0.15) is 0 Å². The predicted molar refractivity (Wildman–Crippen MR) is 141 cm³/mol. The van der Waals surface area contributed by atoms with E-state index in [4.69, 9.17) is 11.6 Å². The fourth-order valence-corrected chi connectivity index (χ4v) is 4.40. The molecule has 0 saturated heterocycles. The van der Waals surface area contributed by atoms with Crippen molar-refractivity contribution in [2.24, 2.45) is 0 Å². The molecular weight excluding hydrogens is 474 g/mol. The molecule has 0 aliphatic heterocycles. The normalized spacial score (nSPS) is 11.8. The first-order valence-corrected chi connectivity index (χ1v) is 11.8. The van der Waals surface area contributed by atoms with Crippen LogP contribution in [0.1, 0.15) is 39.2 Å². The minimum atomic E-state index is -1.15. The number of aromatic nitrogens is 2. The third-order valence-corrected chi connectivity index (χ3v) is 6.31. The van der Waals surface area contributed by atoms with Crippen molar-refractivity contribution >= 4 is 34.5 Å². The highest BCUT2D eigenvalue weighted by Crippen LogP contribution is 2.36. The van der Waals surface area contributed by atoms with Gasteiger partial charge in [0.05, 0.1) is 22.6 Å². The Balaban J connectivity index is 1.55. The van der Waals surface area contributed by atoms with Gasteiger partial charge in [0.15, 0.2) is 0 Å². The molecule has 6 nitrogen and oxygen atoms in total. The summed E-state index contributed by atoms with van der Waals surface area (Å²) in [5.41, 5.74) is 4.61. The first-order chi connectivity index (χ1) is 17.4. The SMILES string of the molecule is C[C@@H](NC(=O)c1ccc(-c2cc(Cl)ccc2-c2nc3ccccc3[nH]2)c(C(=O)O)c1)c1ccccc1. The van der Waals surface area contributed by atoms with Crippen molar-refractivity contribution < 1.29 is 14.7 Å². The fraction of sp³-hybridized carbons (Fsp3) is 0.0690. The second-order valence-electron chi connectivity index (χ2n) is 8.46. The van der Waals surface area contributed by atoms with Crippen LogP contribution >= 0.6 is 11.6 Å². The number of aromatic carboxylic acids is 1. The Kier molecular flexibility index (Phi) is 6.27. The molecule has 5 aromatic rings. The number of nitrogens with one attached hydrogen (secondary N) is 2. The van der Waals surface area contributed by atoms with Gasteiger partial charge < -0.3 is 15.4 Å². The van der Waals surface area contributed by atoms with Crippen LogP contribution in [0.5, 0.6) is 0 Å². The van der Waals surface area contributed by atoms with Crippen LogP contribution in [0, 0.1) is 0 Å². The van der Waals surface area contributed by atoms with Gasteiger partial charge in [-0.1, -0.05) is 60.1 Å². The quantitative estimate of drug-likeness (QED) is 0.243. The van der Waals surface area contributed by atoms with Crippen LogP contribution in [-0.4, -0.2) is 27.0 Å². The number of rotatable bonds is 6. The molecule has 5 rings (SSSR count). The van der Waals surface area contributed by atoms with Crippen LogP contribution in [0.15, 0.2) is 91.0 Å². The predicted octanol–water partition coefficient (Wildman–Crippen LogP) is 6.74. The number of carboxylic acids is 1. The summed E-state index contributed by atoms with van der Waals surface area (Å²) < 4.78 is 0. The lowest BCUT2D eigenvalue weighted by Gasteiger charge is -2.16. The number of halogens is 1. The zero-order valence-corrected chi connectivity index (χ0v) is 20.1. The Morgan fingerprint density at radius 1 is 0.889 bits per heavy atom. The lowest BCUT2D eigenvalue weighted by atomic mass is 9.93. The monoisotopic (exact) mass is 495 g/mol. The van der Waals surface area contributed by atoms with E-state index < -0.39 is 5.97 Å². The molecule has 0 aliphatic carbocycles. The van der Waals surface area contributed by atoms with Crippen LogP contribution in [0.25, 0.3) is 33.5 Å². The lowest BCUT2D eigenvalue weighted by molar-refractivity contribution is 0.0697. The molecule has 0 bridgehead atoms. The summed E-state index contributed by atoms with van der Waals surface area (Å²) >= 11 is 6.32. The summed E-state index contributed by atoms with van der Waals surface area (Å²) in [5, 5.41) is 13.4. The summed E-state index contributed by atoms with van der Waals surface area (Å²) in [6.07, 6.45) is 0. The number of imidazole rings is 1. The van der Waals surface area contributed by atoms with E-state index in [1.807, 2.05) is 67.6 Å². The third-order valence-electron chi connectivity index (χ3n) is 6.08. The van der Waals surface area contributed by atoms with Crippen LogP contribution in [-0.2, 0) is 0 Å². The Bertz CT molecular complexity index is 1560. The number of benzene rings is 4. The number of hydrogen-bond donors (Lipinski definition) is 3. The number of carbonyl (C=O) groups is 2. The van der Waals surface area contributed by atoms with Crippen LogP contribution < -0.4 is 5.32 Å². The molecule has 0 saturated carbocycles. The van der Waals surface area contributed by atoms with Crippen LogP contribution in [0.4, 0.5) is 0 Å². The topological polar surface area (TPSA) is 95.1 Å². The number of para-hydroxylation sites is 2. The van der Waals surface area contributed by atoms with E-state index in [-0.39, 0.29) is 23.1 Å². The summed E-state index contributed by atoms with van der Waals surface area (Å²) in [7, 11) is 0. The minimum Gasteiger partial charge on any atom is -0.478 e. The minimum absolute atomic E-state index is 0.00496. The molecule has 0 aliphatic rings. The van der Waals surface area contributed by atoms with Crippen LogP contribution in [0.2, 0.25) is 5.02 Å². The third kappa shape index (κ3) is 4.59. The molecule has 0 unspecified atom stereocenters. The molecule has 1 atom stereocenters. The highest BCUT2D eigenvalue weighted by atomic mass is 35.5. The molecular formula is C29H22ClN3O3. The molecule has 178 valence electrons. The Hall–Kier alpha value is -4.42. The number of carbonyl (C=O) groups excluding carboxylic acids is 1. The number of hydrogen-bond acceptors (Lipinski definition) is 3. The van der Waals surface area contributed by atoms with Gasteiger partial charge in [0.25, 0.3) is 5.91 Å². The standard InChI is InChI=1S/C29H22ClN3O3/c1-17(18-7-3-2-4-8-18)31-28(34)19-11-13-21(24(15-19)29(35)36)23-16-20(30)12-14-22(23)27-32-25-9-5-6-10-26(25)33-27/h2-17H,1H3,(H,31,34)(H,32,33)(H,35,36)/t17-/m1/s1. The number of nitrogens with zero attached hydrogens (tertiary/aromatic N) is 1. The Morgan fingerprint density at radius 2 is 1.61 bits per heavy atom. The summed E-state index contributed by atoms with van der Waals surface area (Å²) in [6.45, 7) is 1.88. The van der Waals surface area contributed by atoms with Crippen molar-refractivity contribution in [1.82, 2.24) is 15.3 Å². The highest BCUT2D eigenvalue weighted by Gasteiger charge is 2.21. The van der Waals surface area contributed by atoms with E-state index in [1.165, 1.54) is 6.07 Å². The van der Waals surface area contributed by atoms with Crippen molar-refractivity contribution in [3.8, 4) is 22.5 Å². The molecule has 1 aromatic heterocycles. The highest BCUT2D eigenvalue weighted by molar-refractivity contribution is 6.31. The van der Waals surface area contributed by atoms with E-state index in [1.54, 1.807) is 24.3 Å². The van der Waals surface area contributed by atoms with Gasteiger partial charge in [0, 0.05) is 16.1 Å². The largest absolute Gasteiger partial charge is 0.478 e. The second-order valence-corrected chi connectivity index (χ2v) is 8.90. The average Bonchev–Trinajstić information content (AvgIpc) is 3.33. The van der Waals surface area contributed by atoms with E-state index in [0.29, 0.717) is 27.5 Å². The van der Waals surface area contributed by atoms with Crippen molar-refractivity contribution in [3.63, 3.8) is 0 Å². The summed E-state index contributed by atoms with van der Waals surface area (Å²) in [6, 6.07) is 26.9. The van der Waals surface area contributed by atoms with Gasteiger partial charge in [0.2, 0.25) is 0 Å². The molecule has 0 spiro atoms. The summed E-state index contributed by atoms with van der Waals surface area (Å²) in [4.78, 5) is 33.2. The maximum atomic E-state index is 13.0. The van der Waals surface area contributed by atoms with Crippen molar-refractivity contribution in [3.05, 3.63) is 113 Å².